The molecule has 0 amide bonds. The molecule has 6 heteroatoms. The van der Waals surface area contributed by atoms with Crippen molar-refractivity contribution in [2.45, 2.75) is 25.8 Å². The Morgan fingerprint density at radius 3 is 3.15 bits per heavy atom. The molecule has 0 spiro atoms. The van der Waals surface area contributed by atoms with Crippen molar-refractivity contribution in [2.75, 3.05) is 6.54 Å². The van der Waals surface area contributed by atoms with E-state index < -0.39 is 0 Å². The van der Waals surface area contributed by atoms with E-state index in [1.54, 1.807) is 11.3 Å². The number of fused-ring (bicyclic) bond motifs is 2. The second-order valence-corrected chi connectivity index (χ2v) is 5.93. The fraction of sp³-hybridized carbons (Fsp3) is 0.357. The summed E-state index contributed by atoms with van der Waals surface area (Å²) in [4.78, 5) is 0.877. The maximum absolute atomic E-state index is 4.71. The van der Waals surface area contributed by atoms with E-state index in [0.717, 1.165) is 35.2 Å². The molecule has 1 aliphatic rings. The van der Waals surface area contributed by atoms with Gasteiger partial charge in [-0.25, -0.2) is 0 Å². The number of aryl methyl sites for hydroxylation is 1. The Balaban J connectivity index is 1.82. The monoisotopic (exact) mass is 285 g/mol. The molecule has 20 heavy (non-hydrogen) atoms. The Bertz CT molecular complexity index is 760. The van der Waals surface area contributed by atoms with Crippen LogP contribution in [0.25, 0.3) is 4.96 Å². The van der Waals surface area contributed by atoms with Gasteiger partial charge in [-0.15, -0.1) is 10.2 Å². The largest absolute Gasteiger partial charge is 0.304 e. The second-order valence-electron chi connectivity index (χ2n) is 4.94. The number of aromatic nitrogens is 4. The lowest BCUT2D eigenvalue weighted by molar-refractivity contribution is 0.558. The lowest BCUT2D eigenvalue weighted by Gasteiger charge is -2.24. The second kappa shape index (κ2) is 4.64. The van der Waals surface area contributed by atoms with Crippen molar-refractivity contribution in [1.82, 2.24) is 25.1 Å². The van der Waals surface area contributed by atoms with Gasteiger partial charge in [-0.1, -0.05) is 42.5 Å². The van der Waals surface area contributed by atoms with E-state index in [4.69, 9.17) is 5.10 Å². The first-order valence-electron chi connectivity index (χ1n) is 6.89. The number of hydrogen-bond acceptors (Lipinski definition) is 5. The number of nitrogens with zero attached hydrogens (tertiary/aromatic N) is 4. The van der Waals surface area contributed by atoms with Crippen LogP contribution in [-0.2, 0) is 12.8 Å². The van der Waals surface area contributed by atoms with Crippen molar-refractivity contribution in [3.8, 4) is 0 Å². The highest BCUT2D eigenvalue weighted by molar-refractivity contribution is 7.16. The average molecular weight is 285 g/mol. The van der Waals surface area contributed by atoms with Gasteiger partial charge in [-0.3, -0.25) is 0 Å². The molecule has 1 unspecified atom stereocenters. The first-order valence-corrected chi connectivity index (χ1v) is 7.70. The lowest BCUT2D eigenvalue weighted by atomic mass is 9.95. The molecule has 0 aliphatic carbocycles. The minimum Gasteiger partial charge on any atom is -0.304 e. The van der Waals surface area contributed by atoms with Gasteiger partial charge in [-0.05, 0) is 17.5 Å². The summed E-state index contributed by atoms with van der Waals surface area (Å²) in [6, 6.07) is 8.78. The lowest BCUT2D eigenvalue weighted by Crippen LogP contribution is -2.30. The number of benzene rings is 1. The molecule has 0 saturated carbocycles. The quantitative estimate of drug-likeness (QED) is 0.782. The molecule has 0 radical (unpaired) electrons. The number of hydrogen-bond donors (Lipinski definition) is 1. The minimum atomic E-state index is 0.177. The van der Waals surface area contributed by atoms with E-state index in [2.05, 4.69) is 46.7 Å². The van der Waals surface area contributed by atoms with Crippen molar-refractivity contribution in [1.29, 1.82) is 0 Å². The predicted octanol–water partition coefficient (Wildman–Crippen LogP) is 1.98. The fourth-order valence-electron chi connectivity index (χ4n) is 2.73. The van der Waals surface area contributed by atoms with Gasteiger partial charge >= 0.3 is 0 Å². The Kier molecular flexibility index (Phi) is 2.78. The molecule has 5 nitrogen and oxygen atoms in total. The van der Waals surface area contributed by atoms with Crippen molar-refractivity contribution in [2.24, 2.45) is 0 Å². The van der Waals surface area contributed by atoms with E-state index in [1.165, 1.54) is 11.1 Å². The van der Waals surface area contributed by atoms with E-state index in [1.807, 2.05) is 4.52 Å². The third kappa shape index (κ3) is 1.76. The normalized spacial score (nSPS) is 18.4. The Hall–Kier alpha value is -1.79. The van der Waals surface area contributed by atoms with Crippen LogP contribution >= 0.6 is 11.3 Å². The van der Waals surface area contributed by atoms with Gasteiger partial charge in [0.15, 0.2) is 5.82 Å². The summed E-state index contributed by atoms with van der Waals surface area (Å²) >= 11 is 1.62. The van der Waals surface area contributed by atoms with Crippen LogP contribution in [0, 0.1) is 0 Å². The van der Waals surface area contributed by atoms with Crippen LogP contribution in [0.4, 0.5) is 0 Å². The summed E-state index contributed by atoms with van der Waals surface area (Å²) in [5.41, 5.74) is 2.75. The van der Waals surface area contributed by atoms with E-state index in [0.29, 0.717) is 0 Å². The van der Waals surface area contributed by atoms with Crippen molar-refractivity contribution < 1.29 is 0 Å². The zero-order valence-electron chi connectivity index (χ0n) is 11.2. The van der Waals surface area contributed by atoms with Crippen LogP contribution in [0.3, 0.4) is 0 Å². The Morgan fingerprint density at radius 2 is 2.25 bits per heavy atom. The van der Waals surface area contributed by atoms with E-state index in [-0.39, 0.29) is 6.04 Å². The van der Waals surface area contributed by atoms with Crippen LogP contribution < -0.4 is 5.32 Å². The van der Waals surface area contributed by atoms with Crippen molar-refractivity contribution >= 4 is 16.3 Å². The molecule has 102 valence electrons. The molecule has 3 aromatic rings. The van der Waals surface area contributed by atoms with Gasteiger partial charge in [-0.2, -0.15) is 9.61 Å². The summed E-state index contributed by atoms with van der Waals surface area (Å²) in [6.07, 6.45) is 1.93. The number of rotatable bonds is 2. The highest BCUT2D eigenvalue weighted by Gasteiger charge is 2.25. The summed E-state index contributed by atoms with van der Waals surface area (Å²) in [6.45, 7) is 3.06. The molecule has 2 aromatic heterocycles. The maximum Gasteiger partial charge on any atom is 0.234 e. The van der Waals surface area contributed by atoms with E-state index >= 15 is 0 Å². The molecule has 1 N–H and O–H groups in total. The summed E-state index contributed by atoms with van der Waals surface area (Å²) in [5.74, 6) is 0.923. The predicted molar refractivity (Wildman–Crippen MR) is 78.0 cm³/mol. The molecule has 0 fully saturated rings. The molecule has 1 aliphatic heterocycles. The summed E-state index contributed by atoms with van der Waals surface area (Å²) in [5, 5.41) is 17.7. The first-order chi connectivity index (χ1) is 9.86. The number of nitrogens with one attached hydrogen (secondary N) is 1. The molecule has 3 heterocycles. The van der Waals surface area contributed by atoms with Crippen LogP contribution in [-0.4, -0.2) is 26.4 Å². The molecule has 0 bridgehead atoms. The third-order valence-corrected chi connectivity index (χ3v) is 4.71. The zero-order chi connectivity index (χ0) is 13.5. The van der Waals surface area contributed by atoms with Gasteiger partial charge in [0.1, 0.15) is 5.01 Å². The highest BCUT2D eigenvalue weighted by atomic mass is 32.1. The first kappa shape index (κ1) is 12.0. The average Bonchev–Trinajstić information content (AvgIpc) is 3.06. The molecular weight excluding hydrogens is 270 g/mol. The molecule has 4 rings (SSSR count). The minimum absolute atomic E-state index is 0.177. The third-order valence-electron chi connectivity index (χ3n) is 3.74. The highest BCUT2D eigenvalue weighted by Crippen LogP contribution is 2.31. The van der Waals surface area contributed by atoms with Crippen LogP contribution in [0.5, 0.6) is 0 Å². The van der Waals surface area contributed by atoms with Gasteiger partial charge < -0.3 is 5.32 Å². The topological polar surface area (TPSA) is 55.1 Å². The van der Waals surface area contributed by atoms with Gasteiger partial charge in [0.05, 0.1) is 6.04 Å². The molecule has 1 aromatic carbocycles. The van der Waals surface area contributed by atoms with Crippen molar-refractivity contribution in [3.63, 3.8) is 0 Å². The van der Waals surface area contributed by atoms with Gasteiger partial charge in [0, 0.05) is 13.0 Å². The molecular formula is C14H15N5S. The van der Waals surface area contributed by atoms with Crippen molar-refractivity contribution in [3.05, 3.63) is 46.2 Å². The Labute approximate surface area is 120 Å². The standard InChI is InChI=1S/C14H15N5S/c1-2-11-16-17-14-19(11)18-13(20-14)12-10-6-4-3-5-9(10)7-8-15-12/h3-6,12,15H,2,7-8H2,1H3. The zero-order valence-corrected chi connectivity index (χ0v) is 12.0. The molecule has 1 atom stereocenters. The smallest absolute Gasteiger partial charge is 0.234 e. The van der Waals surface area contributed by atoms with Crippen LogP contribution in [0.1, 0.15) is 34.9 Å². The maximum atomic E-state index is 4.71. The van der Waals surface area contributed by atoms with E-state index in [9.17, 15) is 0 Å². The summed E-state index contributed by atoms with van der Waals surface area (Å²) in [7, 11) is 0. The fourth-order valence-corrected chi connectivity index (χ4v) is 3.69. The van der Waals surface area contributed by atoms with Crippen LogP contribution in [0.2, 0.25) is 0 Å². The summed E-state index contributed by atoms with van der Waals surface area (Å²) < 4.78 is 1.87. The Morgan fingerprint density at radius 1 is 1.35 bits per heavy atom. The van der Waals surface area contributed by atoms with Gasteiger partial charge in [0.2, 0.25) is 4.96 Å². The van der Waals surface area contributed by atoms with Gasteiger partial charge in [0.25, 0.3) is 0 Å². The van der Waals surface area contributed by atoms with Crippen LogP contribution in [0.15, 0.2) is 24.3 Å². The molecule has 0 saturated heterocycles. The SMILES string of the molecule is CCc1nnc2sc(C3NCCc4ccccc43)nn12.